The Morgan fingerprint density at radius 2 is 2.09 bits per heavy atom. The zero-order chi connectivity index (χ0) is 16.3. The highest BCUT2D eigenvalue weighted by molar-refractivity contribution is 7.89. The maximum atomic E-state index is 13.1. The lowest BCUT2D eigenvalue weighted by atomic mass is 10.3. The molecule has 0 aliphatic carbocycles. The second-order valence-corrected chi connectivity index (χ2v) is 7.51. The van der Waals surface area contributed by atoms with E-state index in [4.69, 9.17) is 0 Å². The van der Waals surface area contributed by atoms with Gasteiger partial charge in [-0.25, -0.2) is 17.5 Å². The second kappa shape index (κ2) is 6.61. The molecule has 0 saturated carbocycles. The van der Waals surface area contributed by atoms with Gasteiger partial charge >= 0.3 is 0 Å². The van der Waals surface area contributed by atoms with Crippen LogP contribution in [0.15, 0.2) is 58.9 Å². The summed E-state index contributed by atoms with van der Waals surface area (Å²) in [5.41, 5.74) is 0.855. The molecule has 0 atom stereocenters. The van der Waals surface area contributed by atoms with E-state index in [1.807, 2.05) is 23.6 Å². The number of nitrogens with one attached hydrogen (secondary N) is 1. The van der Waals surface area contributed by atoms with E-state index < -0.39 is 15.8 Å². The van der Waals surface area contributed by atoms with Gasteiger partial charge in [0.2, 0.25) is 10.0 Å². The maximum Gasteiger partial charge on any atom is 0.240 e. The third-order valence-corrected chi connectivity index (χ3v) is 5.50. The Morgan fingerprint density at radius 1 is 1.22 bits per heavy atom. The molecule has 0 spiro atoms. The molecule has 0 radical (unpaired) electrons. The molecule has 2 heterocycles. The summed E-state index contributed by atoms with van der Waals surface area (Å²) in [5, 5.41) is 6.37. The lowest BCUT2D eigenvalue weighted by Gasteiger charge is -2.07. The Morgan fingerprint density at radius 3 is 2.83 bits per heavy atom. The van der Waals surface area contributed by atoms with Gasteiger partial charge in [0.1, 0.15) is 11.5 Å². The third-order valence-electron chi connectivity index (χ3n) is 3.15. The Bertz CT molecular complexity index is 889. The molecule has 3 aromatic rings. The summed E-state index contributed by atoms with van der Waals surface area (Å²) < 4.78 is 41.4. The largest absolute Gasteiger partial charge is 0.271 e. The minimum absolute atomic E-state index is 0.0859. The molecule has 0 fully saturated rings. The number of rotatable bonds is 6. The first-order chi connectivity index (χ1) is 11.0. The minimum atomic E-state index is -3.72. The zero-order valence-electron chi connectivity index (χ0n) is 12.0. The fraction of sp³-hybridized carbons (Fsp3) is 0.133. The van der Waals surface area contributed by atoms with Crippen molar-refractivity contribution in [2.75, 3.05) is 6.54 Å². The molecule has 1 N–H and O–H groups in total. The molecule has 5 nitrogen and oxygen atoms in total. The third kappa shape index (κ3) is 3.84. The molecule has 0 amide bonds. The number of benzene rings is 1. The van der Waals surface area contributed by atoms with Crippen molar-refractivity contribution in [1.29, 1.82) is 0 Å². The first kappa shape index (κ1) is 15.9. The summed E-state index contributed by atoms with van der Waals surface area (Å²) in [4.78, 5) is 0.973. The quantitative estimate of drug-likeness (QED) is 0.743. The molecule has 0 unspecified atom stereocenters. The van der Waals surface area contributed by atoms with Gasteiger partial charge in [0.15, 0.2) is 0 Å². The fourth-order valence-electron chi connectivity index (χ4n) is 2.05. The lowest BCUT2D eigenvalue weighted by molar-refractivity contribution is 0.559. The Hall–Kier alpha value is -2.03. The van der Waals surface area contributed by atoms with E-state index in [9.17, 15) is 12.8 Å². The van der Waals surface area contributed by atoms with Crippen LogP contribution in [0.1, 0.15) is 0 Å². The molecule has 8 heteroatoms. The van der Waals surface area contributed by atoms with Gasteiger partial charge in [0, 0.05) is 12.7 Å². The van der Waals surface area contributed by atoms with Crippen LogP contribution in [0.5, 0.6) is 0 Å². The Labute approximate surface area is 137 Å². The van der Waals surface area contributed by atoms with Gasteiger partial charge in [0.25, 0.3) is 0 Å². The van der Waals surface area contributed by atoms with E-state index in [1.54, 1.807) is 22.2 Å². The summed E-state index contributed by atoms with van der Waals surface area (Å²) in [6.07, 6.45) is 1.80. The SMILES string of the molecule is O=S(=O)(NCCn1ccc(-c2cccs2)n1)c1cccc(F)c1. The van der Waals surface area contributed by atoms with Gasteiger partial charge in [-0.3, -0.25) is 4.68 Å². The smallest absolute Gasteiger partial charge is 0.240 e. The van der Waals surface area contributed by atoms with Crippen LogP contribution in [0.2, 0.25) is 0 Å². The van der Waals surface area contributed by atoms with Gasteiger partial charge in [-0.2, -0.15) is 5.10 Å². The van der Waals surface area contributed by atoms with Crippen LogP contribution in [0.3, 0.4) is 0 Å². The van der Waals surface area contributed by atoms with Crippen molar-refractivity contribution in [3.8, 4) is 10.6 Å². The molecule has 1 aromatic carbocycles. The number of thiophene rings is 1. The van der Waals surface area contributed by atoms with Crippen molar-refractivity contribution < 1.29 is 12.8 Å². The molecule has 2 aromatic heterocycles. The van der Waals surface area contributed by atoms with Crippen molar-refractivity contribution in [1.82, 2.24) is 14.5 Å². The van der Waals surface area contributed by atoms with Gasteiger partial charge in [-0.1, -0.05) is 12.1 Å². The molecule has 0 aliphatic heterocycles. The van der Waals surface area contributed by atoms with Crippen LogP contribution in [-0.4, -0.2) is 24.7 Å². The van der Waals surface area contributed by atoms with E-state index in [1.165, 1.54) is 18.2 Å². The van der Waals surface area contributed by atoms with Gasteiger partial charge in [-0.05, 0) is 35.7 Å². The highest BCUT2D eigenvalue weighted by Gasteiger charge is 2.14. The van der Waals surface area contributed by atoms with Crippen molar-refractivity contribution >= 4 is 21.4 Å². The predicted molar refractivity (Wildman–Crippen MR) is 87.1 cm³/mol. The molecule has 0 aliphatic rings. The normalized spacial score (nSPS) is 11.7. The summed E-state index contributed by atoms with van der Waals surface area (Å²) in [6, 6.07) is 10.7. The topological polar surface area (TPSA) is 64.0 Å². The van der Waals surface area contributed by atoms with E-state index in [2.05, 4.69) is 9.82 Å². The van der Waals surface area contributed by atoms with E-state index in [-0.39, 0.29) is 11.4 Å². The van der Waals surface area contributed by atoms with Crippen molar-refractivity contribution in [2.45, 2.75) is 11.4 Å². The average molecular weight is 351 g/mol. The minimum Gasteiger partial charge on any atom is -0.271 e. The van der Waals surface area contributed by atoms with E-state index >= 15 is 0 Å². The summed E-state index contributed by atoms with van der Waals surface area (Å²) in [5.74, 6) is -0.583. The van der Waals surface area contributed by atoms with Crippen molar-refractivity contribution in [2.24, 2.45) is 0 Å². The number of aromatic nitrogens is 2. The summed E-state index contributed by atoms with van der Waals surface area (Å²) in [6.45, 7) is 0.560. The van der Waals surface area contributed by atoms with Crippen LogP contribution in [0.25, 0.3) is 10.6 Å². The van der Waals surface area contributed by atoms with Gasteiger partial charge in [0.05, 0.1) is 16.3 Å². The van der Waals surface area contributed by atoms with Crippen LogP contribution in [-0.2, 0) is 16.6 Å². The highest BCUT2D eigenvalue weighted by atomic mass is 32.2. The molecule has 120 valence electrons. The number of sulfonamides is 1. The molecule has 0 saturated heterocycles. The van der Waals surface area contributed by atoms with Crippen molar-refractivity contribution in [3.05, 3.63) is 59.9 Å². The number of hydrogen-bond acceptors (Lipinski definition) is 4. The van der Waals surface area contributed by atoms with Gasteiger partial charge < -0.3 is 0 Å². The molecular formula is C15H14FN3O2S2. The van der Waals surface area contributed by atoms with Crippen LogP contribution >= 0.6 is 11.3 Å². The first-order valence-electron chi connectivity index (χ1n) is 6.87. The fourth-order valence-corrected chi connectivity index (χ4v) is 3.80. The Balaban J connectivity index is 1.61. The molecule has 0 bridgehead atoms. The van der Waals surface area contributed by atoms with E-state index in [0.717, 1.165) is 16.6 Å². The standard InChI is InChI=1S/C15H14FN3O2S2/c16-12-3-1-4-13(11-12)23(20,21)17-7-9-19-8-6-14(18-19)15-5-2-10-22-15/h1-6,8,10-11,17H,7,9H2. The van der Waals surface area contributed by atoms with Crippen LogP contribution in [0, 0.1) is 5.82 Å². The number of hydrogen-bond donors (Lipinski definition) is 1. The average Bonchev–Trinajstić information content (AvgIpc) is 3.18. The van der Waals surface area contributed by atoms with Gasteiger partial charge in [-0.15, -0.1) is 11.3 Å². The first-order valence-corrected chi connectivity index (χ1v) is 9.23. The molecular weight excluding hydrogens is 337 g/mol. The summed E-state index contributed by atoms with van der Waals surface area (Å²) in [7, 11) is -3.72. The predicted octanol–water partition coefficient (Wildman–Crippen LogP) is 2.73. The molecule has 3 rings (SSSR count). The van der Waals surface area contributed by atoms with Crippen LogP contribution in [0.4, 0.5) is 4.39 Å². The highest BCUT2D eigenvalue weighted by Crippen LogP contribution is 2.22. The van der Waals surface area contributed by atoms with Crippen molar-refractivity contribution in [3.63, 3.8) is 0 Å². The molecule has 23 heavy (non-hydrogen) atoms. The second-order valence-electron chi connectivity index (χ2n) is 4.80. The maximum absolute atomic E-state index is 13.1. The summed E-state index contributed by atoms with van der Waals surface area (Å²) >= 11 is 1.59. The van der Waals surface area contributed by atoms with E-state index in [0.29, 0.717) is 6.54 Å². The Kier molecular flexibility index (Phi) is 4.56. The number of halogens is 1. The lowest BCUT2D eigenvalue weighted by Crippen LogP contribution is -2.27. The monoisotopic (exact) mass is 351 g/mol. The zero-order valence-corrected chi connectivity index (χ0v) is 13.6. The van der Waals surface area contributed by atoms with Crippen LogP contribution < -0.4 is 4.72 Å². The number of nitrogens with zero attached hydrogens (tertiary/aromatic N) is 2.